The van der Waals surface area contributed by atoms with Gasteiger partial charge in [-0.05, 0) is 59.0 Å². The molecule has 7 nitrogen and oxygen atoms in total. The summed E-state index contributed by atoms with van der Waals surface area (Å²) in [5.41, 5.74) is 5.13. The second kappa shape index (κ2) is 7.13. The summed E-state index contributed by atoms with van der Waals surface area (Å²) < 4.78 is 26.9. The number of nitrogens with two attached hydrogens (primary N) is 1. The molecule has 3 aliphatic heterocycles. The van der Waals surface area contributed by atoms with Crippen LogP contribution in [0.2, 0.25) is 0 Å². The highest BCUT2D eigenvalue weighted by atomic mass is 32.2. The van der Waals surface area contributed by atoms with Crippen LogP contribution in [0.1, 0.15) is 38.5 Å². The van der Waals surface area contributed by atoms with Gasteiger partial charge in [0.1, 0.15) is 5.54 Å². The van der Waals surface area contributed by atoms with Gasteiger partial charge in [0.25, 0.3) is 0 Å². The van der Waals surface area contributed by atoms with Gasteiger partial charge in [0.05, 0.1) is 5.75 Å². The molecule has 1 radical (unpaired) electrons. The molecule has 2 bridgehead atoms. The summed E-state index contributed by atoms with van der Waals surface area (Å²) in [5.74, 6) is -0.114. The lowest BCUT2D eigenvalue weighted by atomic mass is 9.87. The third kappa shape index (κ3) is 3.59. The first-order chi connectivity index (χ1) is 11.8. The fourth-order valence-electron chi connectivity index (χ4n) is 4.73. The number of amides is 1. The predicted molar refractivity (Wildman–Crippen MR) is 97.3 cm³/mol. The Morgan fingerprint density at radius 2 is 2.12 bits per heavy atom. The summed E-state index contributed by atoms with van der Waals surface area (Å²) in [7, 11) is 0.761. The van der Waals surface area contributed by atoms with Crippen LogP contribution in [0.4, 0.5) is 0 Å². The number of carbonyl (C=O) groups excluding carboxylic acids is 1. The van der Waals surface area contributed by atoms with Crippen LogP contribution in [0.25, 0.3) is 0 Å². The fourth-order valence-corrected chi connectivity index (χ4v) is 6.26. The highest BCUT2D eigenvalue weighted by Gasteiger charge is 2.52. The Labute approximate surface area is 151 Å². The number of likely N-dealkylation sites (N-methyl/N-ethyl adjacent to an activating group) is 1. The lowest BCUT2D eigenvalue weighted by Gasteiger charge is -2.42. The second-order valence-electron chi connectivity index (χ2n) is 7.94. The maximum atomic E-state index is 12.6. The van der Waals surface area contributed by atoms with E-state index in [1.54, 1.807) is 4.31 Å². The third-order valence-corrected chi connectivity index (χ3v) is 8.24. The number of rotatable bonds is 7. The summed E-state index contributed by atoms with van der Waals surface area (Å²) in [6, 6.07) is 0.648. The Morgan fingerprint density at radius 3 is 2.76 bits per heavy atom. The van der Waals surface area contributed by atoms with E-state index in [0.29, 0.717) is 44.6 Å². The number of fused-ring (bicyclic) bond motifs is 2. The van der Waals surface area contributed by atoms with E-state index in [-0.39, 0.29) is 11.7 Å². The van der Waals surface area contributed by atoms with Crippen LogP contribution < -0.4 is 5.73 Å². The van der Waals surface area contributed by atoms with Crippen molar-refractivity contribution in [2.45, 2.75) is 56.1 Å². The number of piperidine rings is 1. The average Bonchev–Trinajstić information content (AvgIpc) is 3.10. The number of sulfonamides is 1. The van der Waals surface area contributed by atoms with E-state index >= 15 is 0 Å². The highest BCUT2D eigenvalue weighted by molar-refractivity contribution is 7.89. The molecule has 1 amide bonds. The number of hydrogen-bond acceptors (Lipinski definition) is 5. The normalized spacial score (nSPS) is 34.0. The van der Waals surface area contributed by atoms with Crippen molar-refractivity contribution in [3.05, 3.63) is 6.42 Å². The quantitative estimate of drug-likeness (QED) is 0.682. The molecule has 0 aliphatic carbocycles. The van der Waals surface area contributed by atoms with Crippen LogP contribution in [0, 0.1) is 6.42 Å². The van der Waals surface area contributed by atoms with E-state index in [2.05, 4.69) is 16.2 Å². The van der Waals surface area contributed by atoms with Crippen LogP contribution in [-0.4, -0.2) is 85.5 Å². The smallest absolute Gasteiger partial charge is 0.237 e. The van der Waals surface area contributed by atoms with E-state index in [1.165, 1.54) is 0 Å². The van der Waals surface area contributed by atoms with Crippen molar-refractivity contribution < 1.29 is 13.2 Å². The molecule has 25 heavy (non-hydrogen) atoms. The molecule has 2 N–H and O–H groups in total. The van der Waals surface area contributed by atoms with E-state index in [9.17, 15) is 13.2 Å². The van der Waals surface area contributed by atoms with Crippen molar-refractivity contribution in [3.8, 4) is 0 Å². The Bertz CT molecular complexity index is 605. The standard InChI is InChI=1S/C17H31N4O3S/c1-19(2)15-7-11-20(13-15)25(23,24)12-4-10-21-14-5-3-8-17(21,9-6-14)16(18)22/h3,14-15H,4-13H2,1-2H3,(H2,18,22)/t14-,15-,17+/m1/s1. The summed E-state index contributed by atoms with van der Waals surface area (Å²) in [6.45, 7) is 1.82. The van der Waals surface area contributed by atoms with Crippen molar-refractivity contribution in [1.29, 1.82) is 0 Å². The average molecular weight is 372 g/mol. The molecule has 3 fully saturated rings. The zero-order valence-electron chi connectivity index (χ0n) is 15.4. The first-order valence-corrected chi connectivity index (χ1v) is 10.9. The second-order valence-corrected chi connectivity index (χ2v) is 10.0. The minimum absolute atomic E-state index is 0.148. The van der Waals surface area contributed by atoms with E-state index in [4.69, 9.17) is 5.73 Å². The summed E-state index contributed by atoms with van der Waals surface area (Å²) >= 11 is 0. The van der Waals surface area contributed by atoms with Gasteiger partial charge < -0.3 is 10.6 Å². The molecule has 3 saturated heterocycles. The molecular weight excluding hydrogens is 340 g/mol. The molecule has 3 rings (SSSR count). The van der Waals surface area contributed by atoms with Crippen molar-refractivity contribution in [2.75, 3.05) is 39.5 Å². The Morgan fingerprint density at radius 1 is 1.36 bits per heavy atom. The maximum Gasteiger partial charge on any atom is 0.237 e. The topological polar surface area (TPSA) is 87.0 Å². The summed E-state index contributed by atoms with van der Waals surface area (Å²) in [4.78, 5) is 16.3. The van der Waals surface area contributed by atoms with Crippen LogP contribution in [0.15, 0.2) is 0 Å². The Kier molecular flexibility index (Phi) is 5.44. The van der Waals surface area contributed by atoms with Crippen LogP contribution in [0.5, 0.6) is 0 Å². The van der Waals surface area contributed by atoms with E-state index < -0.39 is 15.6 Å². The zero-order valence-corrected chi connectivity index (χ0v) is 16.2. The molecule has 3 aliphatic rings. The number of primary amides is 1. The Balaban J connectivity index is 1.56. The molecule has 8 heteroatoms. The molecule has 0 aromatic carbocycles. The first-order valence-electron chi connectivity index (χ1n) is 9.29. The van der Waals surface area contributed by atoms with Gasteiger partial charge in [-0.15, -0.1) is 0 Å². The molecule has 0 saturated carbocycles. The highest BCUT2D eigenvalue weighted by Crippen LogP contribution is 2.43. The number of hydrogen-bond donors (Lipinski definition) is 1. The summed E-state index contributed by atoms with van der Waals surface area (Å²) in [5, 5.41) is 0. The molecule has 0 unspecified atom stereocenters. The molecule has 0 spiro atoms. The third-order valence-electron chi connectivity index (χ3n) is 6.31. The molecule has 143 valence electrons. The van der Waals surface area contributed by atoms with E-state index in [0.717, 1.165) is 25.7 Å². The summed E-state index contributed by atoms with van der Waals surface area (Å²) in [6.07, 6.45) is 7.05. The van der Waals surface area contributed by atoms with Crippen molar-refractivity contribution in [2.24, 2.45) is 5.73 Å². The van der Waals surface area contributed by atoms with Gasteiger partial charge in [-0.1, -0.05) is 0 Å². The van der Waals surface area contributed by atoms with Crippen LogP contribution in [-0.2, 0) is 14.8 Å². The molecule has 0 aromatic heterocycles. The predicted octanol–water partition coefficient (Wildman–Crippen LogP) is 0.0288. The number of carbonyl (C=O) groups is 1. The molecule has 0 aromatic rings. The minimum Gasteiger partial charge on any atom is -0.368 e. The van der Waals surface area contributed by atoms with Gasteiger partial charge in [0.15, 0.2) is 0 Å². The van der Waals surface area contributed by atoms with Crippen LogP contribution in [0.3, 0.4) is 0 Å². The number of nitrogens with zero attached hydrogens (tertiary/aromatic N) is 3. The van der Waals surface area contributed by atoms with Crippen molar-refractivity contribution in [3.63, 3.8) is 0 Å². The fraction of sp³-hybridized carbons (Fsp3) is 0.882. The SMILES string of the molecule is CN(C)[C@@H]1CCN(S(=O)(=O)CCCN2[C@@H]3C[CH]C[C@@]2(C(N)=O)CC3)C1. The lowest BCUT2D eigenvalue weighted by Crippen LogP contribution is -2.58. The Hall–Kier alpha value is -0.700. The molecular formula is C17H31N4O3S. The van der Waals surface area contributed by atoms with Gasteiger partial charge in [0, 0.05) is 31.7 Å². The van der Waals surface area contributed by atoms with Crippen molar-refractivity contribution in [1.82, 2.24) is 14.1 Å². The van der Waals surface area contributed by atoms with Gasteiger partial charge in [0.2, 0.25) is 15.9 Å². The van der Waals surface area contributed by atoms with E-state index in [1.807, 2.05) is 14.1 Å². The maximum absolute atomic E-state index is 12.6. The van der Waals surface area contributed by atoms with Gasteiger partial charge in [-0.25, -0.2) is 12.7 Å². The zero-order chi connectivity index (χ0) is 18.2. The van der Waals surface area contributed by atoms with Gasteiger partial charge in [-0.2, -0.15) is 0 Å². The van der Waals surface area contributed by atoms with Crippen LogP contribution >= 0.6 is 0 Å². The first kappa shape index (κ1) is 19.1. The van der Waals surface area contributed by atoms with Gasteiger partial charge >= 0.3 is 0 Å². The largest absolute Gasteiger partial charge is 0.368 e. The van der Waals surface area contributed by atoms with Gasteiger partial charge in [-0.3, -0.25) is 9.69 Å². The minimum atomic E-state index is -3.23. The molecule has 3 atom stereocenters. The van der Waals surface area contributed by atoms with Crippen molar-refractivity contribution >= 4 is 15.9 Å². The molecule has 3 heterocycles. The monoisotopic (exact) mass is 371 g/mol. The lowest BCUT2D eigenvalue weighted by molar-refractivity contribution is -0.130.